The van der Waals surface area contributed by atoms with E-state index >= 15 is 0 Å². The van der Waals surface area contributed by atoms with Crippen molar-refractivity contribution in [1.29, 1.82) is 0 Å². The third-order valence-electron chi connectivity index (χ3n) is 7.30. The normalized spacial score (nSPS) is 11.3. The van der Waals surface area contributed by atoms with E-state index in [1.165, 1.54) is 5.39 Å². The molecular formula is C33H29N3O2. The summed E-state index contributed by atoms with van der Waals surface area (Å²) in [4.78, 5) is 19.7. The van der Waals surface area contributed by atoms with Gasteiger partial charge in [-0.1, -0.05) is 30.3 Å². The molecule has 0 atom stereocenters. The predicted octanol–water partition coefficient (Wildman–Crippen LogP) is 7.47. The highest BCUT2D eigenvalue weighted by atomic mass is 16.5. The number of ether oxygens (including phenoxy) is 1. The van der Waals surface area contributed by atoms with Gasteiger partial charge in [0, 0.05) is 46.7 Å². The Balaban J connectivity index is 1.49. The highest BCUT2D eigenvalue weighted by Gasteiger charge is 2.16. The van der Waals surface area contributed by atoms with Gasteiger partial charge in [0.2, 0.25) is 0 Å². The maximum Gasteiger partial charge on any atom is 0.253 e. The van der Waals surface area contributed by atoms with Crippen molar-refractivity contribution in [1.82, 2.24) is 14.3 Å². The minimum Gasteiger partial charge on any atom is -0.497 e. The van der Waals surface area contributed by atoms with Crippen molar-refractivity contribution in [3.8, 4) is 28.1 Å². The van der Waals surface area contributed by atoms with E-state index in [4.69, 9.17) is 9.72 Å². The topological polar surface area (TPSA) is 46.8 Å². The second-order valence-corrected chi connectivity index (χ2v) is 9.38. The quantitative estimate of drug-likeness (QED) is 0.239. The number of aromatic nitrogens is 2. The first-order valence-corrected chi connectivity index (χ1v) is 13.0. The molecule has 0 spiro atoms. The number of benzene rings is 3. The third-order valence-corrected chi connectivity index (χ3v) is 7.30. The van der Waals surface area contributed by atoms with Gasteiger partial charge in [0.1, 0.15) is 5.75 Å². The lowest BCUT2D eigenvalue weighted by Crippen LogP contribution is -2.30. The maximum absolute atomic E-state index is 12.7. The summed E-state index contributed by atoms with van der Waals surface area (Å²) in [5.74, 6) is 0.889. The van der Waals surface area contributed by atoms with Crippen LogP contribution in [0.25, 0.3) is 49.7 Å². The molecule has 5 nitrogen and oxygen atoms in total. The van der Waals surface area contributed by atoms with Crippen LogP contribution in [0.3, 0.4) is 0 Å². The van der Waals surface area contributed by atoms with Gasteiger partial charge in [0.25, 0.3) is 5.91 Å². The molecular weight excluding hydrogens is 470 g/mol. The number of para-hydroxylation sites is 1. The van der Waals surface area contributed by atoms with Gasteiger partial charge < -0.3 is 14.0 Å². The Kier molecular flexibility index (Phi) is 6.04. The van der Waals surface area contributed by atoms with Gasteiger partial charge in [-0.2, -0.15) is 0 Å². The number of amides is 1. The SMILES string of the molecule is CCN(CC)C(=O)c1ccc(-c2ccn3c(c2)cc2c4ccccc4nc(-c4ccc(OC)cc4)c23)cc1. The minimum absolute atomic E-state index is 0.0697. The van der Waals surface area contributed by atoms with Gasteiger partial charge in [0.05, 0.1) is 23.8 Å². The molecule has 0 saturated carbocycles. The van der Waals surface area contributed by atoms with Crippen molar-refractivity contribution in [3.05, 3.63) is 103 Å². The van der Waals surface area contributed by atoms with E-state index in [9.17, 15) is 4.79 Å². The van der Waals surface area contributed by atoms with E-state index in [1.807, 2.05) is 61.2 Å². The number of hydrogen-bond acceptors (Lipinski definition) is 3. The average Bonchev–Trinajstić information content (AvgIpc) is 3.37. The fourth-order valence-electron chi connectivity index (χ4n) is 5.23. The molecule has 0 radical (unpaired) electrons. The first-order valence-electron chi connectivity index (χ1n) is 13.0. The second kappa shape index (κ2) is 9.67. The first kappa shape index (κ1) is 23.7. The van der Waals surface area contributed by atoms with Crippen LogP contribution in [0.15, 0.2) is 97.2 Å². The molecule has 3 aromatic carbocycles. The zero-order valence-electron chi connectivity index (χ0n) is 21.8. The number of nitrogens with zero attached hydrogens (tertiary/aromatic N) is 3. The van der Waals surface area contributed by atoms with Crippen LogP contribution in [0.1, 0.15) is 24.2 Å². The summed E-state index contributed by atoms with van der Waals surface area (Å²) in [6.45, 7) is 5.42. The van der Waals surface area contributed by atoms with Gasteiger partial charge in [-0.25, -0.2) is 4.98 Å². The Hall–Kier alpha value is -4.64. The smallest absolute Gasteiger partial charge is 0.253 e. The summed E-state index contributed by atoms with van der Waals surface area (Å²) >= 11 is 0. The molecule has 0 fully saturated rings. The predicted molar refractivity (Wildman–Crippen MR) is 155 cm³/mol. The van der Waals surface area contributed by atoms with E-state index in [0.717, 1.165) is 50.1 Å². The van der Waals surface area contributed by atoms with Crippen molar-refractivity contribution in [2.24, 2.45) is 0 Å². The summed E-state index contributed by atoms with van der Waals surface area (Å²) in [5, 5.41) is 2.29. The second-order valence-electron chi connectivity index (χ2n) is 9.38. The van der Waals surface area contributed by atoms with Crippen molar-refractivity contribution < 1.29 is 9.53 Å². The molecule has 6 rings (SSSR count). The first-order chi connectivity index (χ1) is 18.6. The average molecular weight is 500 g/mol. The molecule has 1 amide bonds. The molecule has 188 valence electrons. The largest absolute Gasteiger partial charge is 0.497 e. The molecule has 3 heterocycles. The van der Waals surface area contributed by atoms with E-state index in [-0.39, 0.29) is 5.91 Å². The molecule has 0 saturated heterocycles. The molecule has 0 aliphatic rings. The fraction of sp³-hybridized carbons (Fsp3) is 0.152. The van der Waals surface area contributed by atoms with Crippen LogP contribution < -0.4 is 4.74 Å². The summed E-state index contributed by atoms with van der Waals surface area (Å²) < 4.78 is 7.59. The molecule has 0 N–H and O–H groups in total. The Morgan fingerprint density at radius 1 is 0.816 bits per heavy atom. The maximum atomic E-state index is 12.7. The van der Waals surface area contributed by atoms with Crippen molar-refractivity contribution in [2.75, 3.05) is 20.2 Å². The van der Waals surface area contributed by atoms with Crippen LogP contribution in [-0.2, 0) is 0 Å². The van der Waals surface area contributed by atoms with Gasteiger partial charge in [-0.3, -0.25) is 4.79 Å². The molecule has 0 unspecified atom stereocenters. The number of methoxy groups -OCH3 is 1. The van der Waals surface area contributed by atoms with Gasteiger partial charge >= 0.3 is 0 Å². The number of pyridine rings is 2. The Labute approximate surface area is 221 Å². The minimum atomic E-state index is 0.0697. The standard InChI is InChI=1S/C33H29N3O2/c1-4-35(5-2)33(37)24-12-10-22(11-13-24)25-18-19-36-26(20-25)21-29-28-8-6-7-9-30(28)34-31(32(29)36)23-14-16-27(38-3)17-15-23/h6-21H,4-5H2,1-3H3. The number of carbonyl (C=O) groups is 1. The highest BCUT2D eigenvalue weighted by Crippen LogP contribution is 2.36. The van der Waals surface area contributed by atoms with E-state index in [1.54, 1.807) is 7.11 Å². The lowest BCUT2D eigenvalue weighted by molar-refractivity contribution is 0.0773. The summed E-state index contributed by atoms with van der Waals surface area (Å²) in [7, 11) is 1.68. The Morgan fingerprint density at radius 2 is 1.53 bits per heavy atom. The third kappa shape index (κ3) is 3.97. The number of carbonyl (C=O) groups excluding carboxylic acids is 1. The monoisotopic (exact) mass is 499 g/mol. The van der Waals surface area contributed by atoms with E-state index in [0.29, 0.717) is 18.7 Å². The van der Waals surface area contributed by atoms with E-state index in [2.05, 4.69) is 59.1 Å². The molecule has 3 aromatic heterocycles. The Bertz CT molecular complexity index is 1780. The van der Waals surface area contributed by atoms with Crippen molar-refractivity contribution >= 4 is 33.2 Å². The summed E-state index contributed by atoms with van der Waals surface area (Å²) in [6, 6.07) is 30.8. The van der Waals surface area contributed by atoms with E-state index < -0.39 is 0 Å². The number of hydrogen-bond donors (Lipinski definition) is 0. The lowest BCUT2D eigenvalue weighted by Gasteiger charge is -2.18. The molecule has 0 aliphatic heterocycles. The summed E-state index contributed by atoms with van der Waals surface area (Å²) in [6.07, 6.45) is 2.12. The molecule has 0 bridgehead atoms. The van der Waals surface area contributed by atoms with Crippen molar-refractivity contribution in [2.45, 2.75) is 13.8 Å². The zero-order valence-corrected chi connectivity index (χ0v) is 21.8. The Morgan fingerprint density at radius 3 is 2.24 bits per heavy atom. The molecule has 6 aromatic rings. The van der Waals surface area contributed by atoms with Gasteiger partial charge in [-0.05, 0) is 85.6 Å². The van der Waals surface area contributed by atoms with Crippen LogP contribution in [0.4, 0.5) is 0 Å². The van der Waals surface area contributed by atoms with Crippen LogP contribution in [0, 0.1) is 0 Å². The molecule has 0 aliphatic carbocycles. The van der Waals surface area contributed by atoms with Crippen LogP contribution in [-0.4, -0.2) is 40.4 Å². The number of rotatable bonds is 6. The van der Waals surface area contributed by atoms with Crippen LogP contribution >= 0.6 is 0 Å². The number of fused-ring (bicyclic) bond motifs is 5. The summed E-state index contributed by atoms with van der Waals surface area (Å²) in [5.41, 5.74) is 8.01. The molecule has 38 heavy (non-hydrogen) atoms. The van der Waals surface area contributed by atoms with Crippen LogP contribution in [0.5, 0.6) is 5.75 Å². The van der Waals surface area contributed by atoms with Gasteiger partial charge in [0.15, 0.2) is 0 Å². The van der Waals surface area contributed by atoms with Gasteiger partial charge in [-0.15, -0.1) is 0 Å². The van der Waals surface area contributed by atoms with Crippen LogP contribution in [0.2, 0.25) is 0 Å². The zero-order chi connectivity index (χ0) is 26.2. The molecule has 5 heteroatoms. The highest BCUT2D eigenvalue weighted by molar-refractivity contribution is 6.12. The fourth-order valence-corrected chi connectivity index (χ4v) is 5.23. The lowest BCUT2D eigenvalue weighted by atomic mass is 10.0. The van der Waals surface area contributed by atoms with Crippen molar-refractivity contribution in [3.63, 3.8) is 0 Å².